The third kappa shape index (κ3) is 5.56. The van der Waals surface area contributed by atoms with Crippen LogP contribution >= 0.6 is 0 Å². The molecular weight excluding hydrogens is 372 g/mol. The molecule has 4 nitrogen and oxygen atoms in total. The maximum Gasteiger partial charge on any atom is 0.254 e. The maximum absolute atomic E-state index is 13.5. The van der Waals surface area contributed by atoms with Crippen molar-refractivity contribution in [2.75, 3.05) is 26.3 Å². The molecule has 4 rings (SSSR count). The third-order valence-corrected chi connectivity index (χ3v) is 5.40. The molecule has 3 aromatic carbocycles. The fourth-order valence-electron chi connectivity index (χ4n) is 3.81. The molecule has 1 heterocycles. The van der Waals surface area contributed by atoms with E-state index in [0.29, 0.717) is 13.1 Å². The van der Waals surface area contributed by atoms with E-state index in [1.165, 1.54) is 5.56 Å². The van der Waals surface area contributed by atoms with Crippen molar-refractivity contribution >= 4 is 5.91 Å². The zero-order valence-corrected chi connectivity index (χ0v) is 17.2. The van der Waals surface area contributed by atoms with Crippen molar-refractivity contribution in [1.82, 2.24) is 9.80 Å². The SMILES string of the molecule is O=C(c1cccc(CN2CCOCC2)c1)N(Cc1ccccc1)Cc1ccccc1. The molecule has 0 spiro atoms. The first-order valence-corrected chi connectivity index (χ1v) is 10.5. The quantitative estimate of drug-likeness (QED) is 0.591. The van der Waals surface area contributed by atoms with Gasteiger partial charge in [0.1, 0.15) is 0 Å². The van der Waals surface area contributed by atoms with Crippen LogP contribution in [0.25, 0.3) is 0 Å². The number of morpholine rings is 1. The van der Waals surface area contributed by atoms with Gasteiger partial charge < -0.3 is 9.64 Å². The number of nitrogens with zero attached hydrogens (tertiary/aromatic N) is 2. The molecule has 1 amide bonds. The minimum atomic E-state index is 0.0616. The summed E-state index contributed by atoms with van der Waals surface area (Å²) in [7, 11) is 0. The first kappa shape index (κ1) is 20.3. The molecule has 30 heavy (non-hydrogen) atoms. The summed E-state index contributed by atoms with van der Waals surface area (Å²) in [6.07, 6.45) is 0. The highest BCUT2D eigenvalue weighted by Gasteiger charge is 2.18. The maximum atomic E-state index is 13.5. The summed E-state index contributed by atoms with van der Waals surface area (Å²) < 4.78 is 5.44. The lowest BCUT2D eigenvalue weighted by atomic mass is 10.1. The molecule has 0 unspecified atom stereocenters. The lowest BCUT2D eigenvalue weighted by Crippen LogP contribution is -2.35. The third-order valence-electron chi connectivity index (χ3n) is 5.40. The van der Waals surface area contributed by atoms with Crippen LogP contribution in [-0.2, 0) is 24.4 Å². The van der Waals surface area contributed by atoms with E-state index < -0.39 is 0 Å². The van der Waals surface area contributed by atoms with Gasteiger partial charge in [0.05, 0.1) is 13.2 Å². The number of carbonyl (C=O) groups is 1. The Morgan fingerprint density at radius 3 is 1.93 bits per heavy atom. The smallest absolute Gasteiger partial charge is 0.254 e. The van der Waals surface area contributed by atoms with E-state index in [1.807, 2.05) is 59.5 Å². The van der Waals surface area contributed by atoms with E-state index in [2.05, 4.69) is 35.2 Å². The Balaban J connectivity index is 1.53. The normalized spacial score (nSPS) is 14.4. The van der Waals surface area contributed by atoms with Crippen LogP contribution in [-0.4, -0.2) is 42.0 Å². The van der Waals surface area contributed by atoms with Gasteiger partial charge >= 0.3 is 0 Å². The van der Waals surface area contributed by atoms with Crippen molar-refractivity contribution in [3.63, 3.8) is 0 Å². The van der Waals surface area contributed by atoms with E-state index in [-0.39, 0.29) is 5.91 Å². The molecule has 1 fully saturated rings. The van der Waals surface area contributed by atoms with Gasteiger partial charge in [0.15, 0.2) is 0 Å². The summed E-state index contributed by atoms with van der Waals surface area (Å²) >= 11 is 0. The van der Waals surface area contributed by atoms with Crippen LogP contribution in [0.1, 0.15) is 27.0 Å². The van der Waals surface area contributed by atoms with Crippen molar-refractivity contribution in [3.05, 3.63) is 107 Å². The van der Waals surface area contributed by atoms with Crippen molar-refractivity contribution in [1.29, 1.82) is 0 Å². The summed E-state index contributed by atoms with van der Waals surface area (Å²) in [5.41, 5.74) is 4.17. The molecule has 154 valence electrons. The molecule has 4 heteroatoms. The number of rotatable bonds is 7. The second-order valence-electron chi connectivity index (χ2n) is 7.72. The van der Waals surface area contributed by atoms with E-state index in [4.69, 9.17) is 4.74 Å². The second-order valence-corrected chi connectivity index (χ2v) is 7.72. The Hall–Kier alpha value is -2.95. The standard InChI is InChI=1S/C26H28N2O2/c29-26(25-13-7-12-24(18-25)19-27-14-16-30-17-15-27)28(20-22-8-3-1-4-9-22)21-23-10-5-2-6-11-23/h1-13,18H,14-17,19-21H2. The molecule has 0 aliphatic carbocycles. The Labute approximate surface area is 178 Å². The van der Waals surface area contributed by atoms with E-state index >= 15 is 0 Å². The molecular formula is C26H28N2O2. The molecule has 3 aromatic rings. The minimum absolute atomic E-state index is 0.0616. The van der Waals surface area contributed by atoms with Gasteiger partial charge in [0.25, 0.3) is 5.91 Å². The number of benzene rings is 3. The molecule has 0 saturated carbocycles. The summed E-state index contributed by atoms with van der Waals surface area (Å²) in [6.45, 7) is 5.45. The highest BCUT2D eigenvalue weighted by Crippen LogP contribution is 2.16. The van der Waals surface area contributed by atoms with Gasteiger partial charge in [-0.15, -0.1) is 0 Å². The molecule has 1 aliphatic rings. The molecule has 0 aromatic heterocycles. The number of carbonyl (C=O) groups excluding carboxylic acids is 1. The summed E-state index contributed by atoms with van der Waals surface area (Å²) in [5.74, 6) is 0.0616. The minimum Gasteiger partial charge on any atom is -0.379 e. The average molecular weight is 401 g/mol. The number of amides is 1. The highest BCUT2D eigenvalue weighted by atomic mass is 16.5. The van der Waals surface area contributed by atoms with Crippen LogP contribution in [0.3, 0.4) is 0 Å². The van der Waals surface area contributed by atoms with Crippen LogP contribution in [0.15, 0.2) is 84.9 Å². The number of ether oxygens (including phenoxy) is 1. The molecule has 0 radical (unpaired) electrons. The van der Waals surface area contributed by atoms with E-state index in [0.717, 1.165) is 49.5 Å². The average Bonchev–Trinajstić information content (AvgIpc) is 2.80. The number of hydrogen-bond acceptors (Lipinski definition) is 3. The second kappa shape index (κ2) is 10.2. The van der Waals surface area contributed by atoms with Gasteiger partial charge in [-0.05, 0) is 28.8 Å². The monoisotopic (exact) mass is 400 g/mol. The predicted octanol–water partition coefficient (Wildman–Crippen LogP) is 4.36. The van der Waals surface area contributed by atoms with Crippen LogP contribution in [0, 0.1) is 0 Å². The van der Waals surface area contributed by atoms with Gasteiger partial charge in [0, 0.05) is 38.3 Å². The molecule has 0 N–H and O–H groups in total. The lowest BCUT2D eigenvalue weighted by molar-refractivity contribution is 0.0341. The van der Waals surface area contributed by atoms with Crippen LogP contribution in [0.2, 0.25) is 0 Å². The Morgan fingerprint density at radius 1 is 0.767 bits per heavy atom. The fourth-order valence-corrected chi connectivity index (χ4v) is 3.81. The molecule has 1 saturated heterocycles. The number of hydrogen-bond donors (Lipinski definition) is 0. The summed E-state index contributed by atoms with van der Waals surface area (Å²) in [5, 5.41) is 0. The summed E-state index contributed by atoms with van der Waals surface area (Å²) in [6, 6.07) is 28.4. The molecule has 0 bridgehead atoms. The predicted molar refractivity (Wildman–Crippen MR) is 119 cm³/mol. The summed E-state index contributed by atoms with van der Waals surface area (Å²) in [4.78, 5) is 17.8. The van der Waals surface area contributed by atoms with Crippen molar-refractivity contribution in [3.8, 4) is 0 Å². The Bertz CT molecular complexity index is 896. The molecule has 0 atom stereocenters. The van der Waals surface area contributed by atoms with Gasteiger partial charge in [-0.1, -0.05) is 72.8 Å². The van der Waals surface area contributed by atoms with Crippen molar-refractivity contribution in [2.24, 2.45) is 0 Å². The zero-order chi connectivity index (χ0) is 20.6. The van der Waals surface area contributed by atoms with Crippen LogP contribution in [0.4, 0.5) is 0 Å². The fraction of sp³-hybridized carbons (Fsp3) is 0.269. The Kier molecular flexibility index (Phi) is 6.91. The van der Waals surface area contributed by atoms with Crippen LogP contribution < -0.4 is 0 Å². The molecule has 1 aliphatic heterocycles. The Morgan fingerprint density at radius 2 is 1.33 bits per heavy atom. The van der Waals surface area contributed by atoms with Crippen molar-refractivity contribution < 1.29 is 9.53 Å². The van der Waals surface area contributed by atoms with Gasteiger partial charge in [0.2, 0.25) is 0 Å². The topological polar surface area (TPSA) is 32.8 Å². The largest absolute Gasteiger partial charge is 0.379 e. The van der Waals surface area contributed by atoms with Crippen LogP contribution in [0.5, 0.6) is 0 Å². The van der Waals surface area contributed by atoms with E-state index in [1.54, 1.807) is 0 Å². The van der Waals surface area contributed by atoms with Gasteiger partial charge in [-0.3, -0.25) is 9.69 Å². The first-order chi connectivity index (χ1) is 14.8. The lowest BCUT2D eigenvalue weighted by Gasteiger charge is -2.27. The highest BCUT2D eigenvalue weighted by molar-refractivity contribution is 5.94. The van der Waals surface area contributed by atoms with E-state index in [9.17, 15) is 4.79 Å². The van der Waals surface area contributed by atoms with Gasteiger partial charge in [-0.25, -0.2) is 0 Å². The zero-order valence-electron chi connectivity index (χ0n) is 17.2. The first-order valence-electron chi connectivity index (χ1n) is 10.5. The van der Waals surface area contributed by atoms with Crippen molar-refractivity contribution in [2.45, 2.75) is 19.6 Å². The van der Waals surface area contributed by atoms with Gasteiger partial charge in [-0.2, -0.15) is 0 Å².